The number of aromatic nitrogens is 1. The molecule has 162 valence electrons. The molecule has 0 saturated heterocycles. The molecule has 0 fully saturated rings. The molecule has 0 aliphatic carbocycles. The second-order valence-corrected chi connectivity index (χ2v) is 8.28. The number of ether oxygens (including phenoxy) is 2. The largest absolute Gasteiger partial charge is 0.494 e. The molecule has 0 bridgehead atoms. The number of benzene rings is 2. The minimum absolute atomic E-state index is 0.0303. The van der Waals surface area contributed by atoms with Crippen molar-refractivity contribution >= 4 is 34.0 Å². The van der Waals surface area contributed by atoms with Gasteiger partial charge < -0.3 is 9.47 Å². The number of carbonyl (C=O) groups excluding carboxylic acids is 2. The van der Waals surface area contributed by atoms with Gasteiger partial charge in [-0.3, -0.25) is 9.69 Å². The number of amides is 1. The lowest BCUT2D eigenvalue weighted by Gasteiger charge is -2.17. The van der Waals surface area contributed by atoms with Crippen LogP contribution in [0, 0.1) is 5.92 Å². The molecule has 0 atom stereocenters. The summed E-state index contributed by atoms with van der Waals surface area (Å²) in [7, 11) is 0. The Hall–Kier alpha value is -3.19. The number of para-hydroxylation sites is 1. The van der Waals surface area contributed by atoms with Gasteiger partial charge in [-0.2, -0.15) is 0 Å². The highest BCUT2D eigenvalue weighted by Crippen LogP contribution is 2.29. The van der Waals surface area contributed by atoms with Crippen LogP contribution in [0.2, 0.25) is 0 Å². The van der Waals surface area contributed by atoms with Crippen molar-refractivity contribution in [3.63, 3.8) is 0 Å². The Balaban J connectivity index is 1.57. The van der Waals surface area contributed by atoms with Crippen LogP contribution in [0.5, 0.6) is 5.75 Å². The molecule has 1 aromatic heterocycles. The molecule has 0 spiro atoms. The standard InChI is InChI=1S/C24H26N2O4S/c1-17(2)13-14-29-22-11-9-19(10-12-22)23(28)30-15-20-16-31-24(25-20)26(18(3)27)21-7-5-4-6-8-21/h4-12,16-17H,13-15H2,1-3H3. The predicted molar refractivity (Wildman–Crippen MR) is 122 cm³/mol. The summed E-state index contributed by atoms with van der Waals surface area (Å²) in [5.74, 6) is 0.733. The highest BCUT2D eigenvalue weighted by molar-refractivity contribution is 7.14. The lowest BCUT2D eigenvalue weighted by Crippen LogP contribution is -2.22. The molecule has 3 aromatic rings. The van der Waals surface area contributed by atoms with E-state index in [9.17, 15) is 9.59 Å². The Bertz CT molecular complexity index is 1000. The monoisotopic (exact) mass is 438 g/mol. The van der Waals surface area contributed by atoms with Crippen molar-refractivity contribution in [1.82, 2.24) is 4.98 Å². The van der Waals surface area contributed by atoms with Crippen molar-refractivity contribution < 1.29 is 19.1 Å². The van der Waals surface area contributed by atoms with Crippen molar-refractivity contribution in [1.29, 1.82) is 0 Å². The Labute approximate surface area is 186 Å². The SMILES string of the molecule is CC(=O)N(c1ccccc1)c1nc(COC(=O)c2ccc(OCCC(C)C)cc2)cs1. The van der Waals surface area contributed by atoms with Gasteiger partial charge in [0.15, 0.2) is 5.13 Å². The number of rotatable bonds is 9. The second kappa shape index (κ2) is 10.7. The molecule has 0 aliphatic heterocycles. The summed E-state index contributed by atoms with van der Waals surface area (Å²) in [5, 5.41) is 2.32. The Morgan fingerprint density at radius 3 is 2.42 bits per heavy atom. The smallest absolute Gasteiger partial charge is 0.338 e. The van der Waals surface area contributed by atoms with E-state index in [-0.39, 0.29) is 12.5 Å². The zero-order valence-electron chi connectivity index (χ0n) is 17.9. The molecule has 0 N–H and O–H groups in total. The van der Waals surface area contributed by atoms with Crippen LogP contribution in [0.15, 0.2) is 60.0 Å². The Kier molecular flexibility index (Phi) is 7.78. The van der Waals surface area contributed by atoms with Gasteiger partial charge in [-0.25, -0.2) is 9.78 Å². The van der Waals surface area contributed by atoms with Crippen LogP contribution in [0.25, 0.3) is 0 Å². The number of hydrogen-bond acceptors (Lipinski definition) is 6. The van der Waals surface area contributed by atoms with Gasteiger partial charge in [0, 0.05) is 12.3 Å². The van der Waals surface area contributed by atoms with Gasteiger partial charge in [-0.15, -0.1) is 11.3 Å². The summed E-state index contributed by atoms with van der Waals surface area (Å²) in [4.78, 5) is 30.5. The molecule has 31 heavy (non-hydrogen) atoms. The third kappa shape index (κ3) is 6.39. The first-order chi connectivity index (χ1) is 14.9. The van der Waals surface area contributed by atoms with Crippen LogP contribution in [0.4, 0.5) is 10.8 Å². The van der Waals surface area contributed by atoms with E-state index in [0.717, 1.165) is 17.9 Å². The van der Waals surface area contributed by atoms with Crippen LogP contribution >= 0.6 is 11.3 Å². The molecule has 0 unspecified atom stereocenters. The third-order valence-electron chi connectivity index (χ3n) is 4.47. The van der Waals surface area contributed by atoms with E-state index in [0.29, 0.717) is 28.9 Å². The average Bonchev–Trinajstić information content (AvgIpc) is 3.21. The highest BCUT2D eigenvalue weighted by Gasteiger charge is 2.18. The van der Waals surface area contributed by atoms with Gasteiger partial charge in [0.2, 0.25) is 5.91 Å². The van der Waals surface area contributed by atoms with E-state index in [1.807, 2.05) is 30.3 Å². The molecule has 0 saturated carbocycles. The van der Waals surface area contributed by atoms with Crippen molar-refractivity contribution in [2.75, 3.05) is 11.5 Å². The van der Waals surface area contributed by atoms with Gasteiger partial charge in [0.1, 0.15) is 12.4 Å². The number of esters is 1. The molecule has 1 amide bonds. The molecule has 1 heterocycles. The van der Waals surface area contributed by atoms with E-state index in [2.05, 4.69) is 18.8 Å². The van der Waals surface area contributed by atoms with Crippen molar-refractivity contribution in [2.24, 2.45) is 5.92 Å². The number of thiazole rings is 1. The van der Waals surface area contributed by atoms with Gasteiger partial charge in [-0.1, -0.05) is 32.0 Å². The number of anilines is 2. The van der Waals surface area contributed by atoms with E-state index in [1.54, 1.807) is 29.6 Å². The van der Waals surface area contributed by atoms with Crippen molar-refractivity contribution in [3.05, 3.63) is 71.2 Å². The Morgan fingerprint density at radius 1 is 1.06 bits per heavy atom. The molecule has 7 heteroatoms. The number of hydrogen-bond donors (Lipinski definition) is 0. The molecule has 3 rings (SSSR count). The Morgan fingerprint density at radius 2 is 1.77 bits per heavy atom. The summed E-state index contributed by atoms with van der Waals surface area (Å²) >= 11 is 1.33. The fourth-order valence-electron chi connectivity index (χ4n) is 2.79. The molecular weight excluding hydrogens is 412 g/mol. The maximum absolute atomic E-state index is 12.4. The third-order valence-corrected chi connectivity index (χ3v) is 5.34. The fourth-order valence-corrected chi connectivity index (χ4v) is 3.66. The highest BCUT2D eigenvalue weighted by atomic mass is 32.1. The first-order valence-corrected chi connectivity index (χ1v) is 11.0. The van der Waals surface area contributed by atoms with E-state index >= 15 is 0 Å². The van der Waals surface area contributed by atoms with Crippen molar-refractivity contribution in [3.8, 4) is 5.75 Å². The lowest BCUT2D eigenvalue weighted by atomic mass is 10.1. The lowest BCUT2D eigenvalue weighted by molar-refractivity contribution is -0.115. The molecule has 6 nitrogen and oxygen atoms in total. The summed E-state index contributed by atoms with van der Waals surface area (Å²) in [5.41, 5.74) is 1.77. The van der Waals surface area contributed by atoms with Crippen LogP contribution in [-0.2, 0) is 16.1 Å². The normalized spacial score (nSPS) is 10.7. The van der Waals surface area contributed by atoms with E-state index in [4.69, 9.17) is 9.47 Å². The first kappa shape index (κ1) is 22.5. The predicted octanol–water partition coefficient (Wildman–Crippen LogP) is 5.61. The van der Waals surface area contributed by atoms with Crippen molar-refractivity contribution in [2.45, 2.75) is 33.8 Å². The molecule has 2 aromatic carbocycles. The molecule has 0 aliphatic rings. The first-order valence-electron chi connectivity index (χ1n) is 10.1. The topological polar surface area (TPSA) is 68.7 Å². The second-order valence-electron chi connectivity index (χ2n) is 7.44. The minimum Gasteiger partial charge on any atom is -0.494 e. The van der Waals surface area contributed by atoms with Gasteiger partial charge in [0.05, 0.1) is 23.6 Å². The molecular formula is C24H26N2O4S. The maximum Gasteiger partial charge on any atom is 0.338 e. The van der Waals surface area contributed by atoms with Crippen LogP contribution in [0.1, 0.15) is 43.2 Å². The summed E-state index contributed by atoms with van der Waals surface area (Å²) in [6.45, 7) is 6.46. The summed E-state index contributed by atoms with van der Waals surface area (Å²) in [6.07, 6.45) is 0.977. The number of carbonyl (C=O) groups is 2. The molecule has 0 radical (unpaired) electrons. The van der Waals surface area contributed by atoms with E-state index in [1.165, 1.54) is 23.2 Å². The maximum atomic E-state index is 12.4. The number of nitrogens with zero attached hydrogens (tertiary/aromatic N) is 2. The van der Waals surface area contributed by atoms with Crippen LogP contribution in [0.3, 0.4) is 0 Å². The fraction of sp³-hybridized carbons (Fsp3) is 0.292. The van der Waals surface area contributed by atoms with Gasteiger partial charge in [0.25, 0.3) is 0 Å². The van der Waals surface area contributed by atoms with Gasteiger partial charge >= 0.3 is 5.97 Å². The van der Waals surface area contributed by atoms with Gasteiger partial charge in [-0.05, 0) is 48.7 Å². The van der Waals surface area contributed by atoms with Crippen LogP contribution in [-0.4, -0.2) is 23.5 Å². The van der Waals surface area contributed by atoms with E-state index < -0.39 is 5.97 Å². The zero-order valence-corrected chi connectivity index (χ0v) is 18.7. The summed E-state index contributed by atoms with van der Waals surface area (Å²) in [6, 6.07) is 16.2. The quantitative estimate of drug-likeness (QED) is 0.406. The summed E-state index contributed by atoms with van der Waals surface area (Å²) < 4.78 is 11.1. The van der Waals surface area contributed by atoms with Crippen LogP contribution < -0.4 is 9.64 Å². The zero-order chi connectivity index (χ0) is 22.2. The average molecular weight is 439 g/mol. The minimum atomic E-state index is -0.435.